The van der Waals surface area contributed by atoms with Gasteiger partial charge in [-0.1, -0.05) is 24.6 Å². The zero-order chi connectivity index (χ0) is 22.6. The van der Waals surface area contributed by atoms with Crippen LogP contribution in [-0.4, -0.2) is 62.9 Å². The van der Waals surface area contributed by atoms with Gasteiger partial charge >= 0.3 is 6.03 Å². The average molecular weight is 465 g/mol. The Morgan fingerprint density at radius 3 is 2.19 bits per heavy atom. The summed E-state index contributed by atoms with van der Waals surface area (Å²) in [7, 11) is -3.56. The van der Waals surface area contributed by atoms with E-state index >= 15 is 0 Å². The highest BCUT2D eigenvalue weighted by atomic mass is 35.5. The lowest BCUT2D eigenvalue weighted by molar-refractivity contribution is 0.0671. The number of benzene rings is 2. The normalized spacial score (nSPS) is 14.4. The lowest BCUT2D eigenvalue weighted by Crippen LogP contribution is -2.51. The highest BCUT2D eigenvalue weighted by molar-refractivity contribution is 7.89. The Morgan fingerprint density at radius 1 is 1.00 bits per heavy atom. The van der Waals surface area contributed by atoms with Crippen LogP contribution in [0.4, 0.5) is 10.5 Å². The Labute approximate surface area is 187 Å². The second-order valence-electron chi connectivity index (χ2n) is 7.20. The number of halogens is 1. The van der Waals surface area contributed by atoms with Gasteiger partial charge < -0.3 is 15.1 Å². The minimum Gasteiger partial charge on any atom is -0.335 e. The summed E-state index contributed by atoms with van der Waals surface area (Å²) in [5, 5.41) is 3.40. The van der Waals surface area contributed by atoms with Crippen molar-refractivity contribution in [3.63, 3.8) is 0 Å². The average Bonchev–Trinajstić information content (AvgIpc) is 2.76. The molecule has 0 radical (unpaired) electrons. The van der Waals surface area contributed by atoms with E-state index in [1.54, 1.807) is 28.9 Å². The van der Waals surface area contributed by atoms with Crippen molar-refractivity contribution in [1.29, 1.82) is 0 Å². The standard InChI is InChI=1S/C21H25ClN4O4S/c1-3-23-31(29,30)18-8-5-16(6-9-18)20(27)25-10-12-26(13-11-25)21(28)24-17-7-4-15(2)19(22)14-17/h4-9,14,23H,3,10-13H2,1-2H3,(H,24,28). The minimum absolute atomic E-state index is 0.114. The molecule has 1 aliphatic rings. The number of anilines is 1. The molecular formula is C21H25ClN4O4S. The Hall–Kier alpha value is -2.62. The first-order chi connectivity index (χ1) is 14.7. The number of hydrogen-bond donors (Lipinski definition) is 2. The van der Waals surface area contributed by atoms with Crippen LogP contribution in [0.2, 0.25) is 5.02 Å². The molecule has 2 aromatic carbocycles. The van der Waals surface area contributed by atoms with Crippen LogP contribution in [0.1, 0.15) is 22.8 Å². The smallest absolute Gasteiger partial charge is 0.321 e. The molecule has 1 aliphatic heterocycles. The van der Waals surface area contributed by atoms with Crippen molar-refractivity contribution < 1.29 is 18.0 Å². The molecule has 3 amide bonds. The van der Waals surface area contributed by atoms with Crippen molar-refractivity contribution in [2.45, 2.75) is 18.7 Å². The minimum atomic E-state index is -3.56. The number of piperazine rings is 1. The summed E-state index contributed by atoms with van der Waals surface area (Å²) in [5.41, 5.74) is 1.95. The quantitative estimate of drug-likeness (QED) is 0.710. The Kier molecular flexibility index (Phi) is 7.19. The molecule has 1 saturated heterocycles. The van der Waals surface area contributed by atoms with Gasteiger partial charge in [0.15, 0.2) is 0 Å². The van der Waals surface area contributed by atoms with Crippen LogP contribution in [0.3, 0.4) is 0 Å². The SMILES string of the molecule is CCNS(=O)(=O)c1ccc(C(=O)N2CCN(C(=O)Nc3ccc(C)c(Cl)c3)CC2)cc1. The molecule has 0 atom stereocenters. The number of urea groups is 1. The van der Waals surface area contributed by atoms with E-state index in [9.17, 15) is 18.0 Å². The highest BCUT2D eigenvalue weighted by Crippen LogP contribution is 2.20. The maximum Gasteiger partial charge on any atom is 0.321 e. The number of amides is 3. The molecule has 0 spiro atoms. The molecule has 166 valence electrons. The molecule has 31 heavy (non-hydrogen) atoms. The summed E-state index contributed by atoms with van der Waals surface area (Å²) in [6.07, 6.45) is 0. The molecule has 0 aliphatic carbocycles. The molecule has 8 nitrogen and oxygen atoms in total. The van der Waals surface area contributed by atoms with Gasteiger partial charge in [-0.25, -0.2) is 17.9 Å². The predicted octanol–water partition coefficient (Wildman–Crippen LogP) is 2.94. The van der Waals surface area contributed by atoms with Crippen LogP contribution in [0.25, 0.3) is 0 Å². The van der Waals surface area contributed by atoms with E-state index in [4.69, 9.17) is 11.6 Å². The van der Waals surface area contributed by atoms with Gasteiger partial charge in [-0.3, -0.25) is 4.79 Å². The number of rotatable bonds is 5. The largest absolute Gasteiger partial charge is 0.335 e. The monoisotopic (exact) mass is 464 g/mol. The maximum atomic E-state index is 12.8. The molecule has 2 N–H and O–H groups in total. The Bertz CT molecular complexity index is 1070. The van der Waals surface area contributed by atoms with Crippen LogP contribution in [0.5, 0.6) is 0 Å². The molecule has 1 heterocycles. The molecule has 0 unspecified atom stereocenters. The Balaban J connectivity index is 1.57. The molecule has 0 saturated carbocycles. The number of hydrogen-bond acceptors (Lipinski definition) is 4. The lowest BCUT2D eigenvalue weighted by Gasteiger charge is -2.34. The molecule has 0 aromatic heterocycles. The van der Waals surface area contributed by atoms with E-state index in [2.05, 4.69) is 10.0 Å². The first kappa shape index (κ1) is 23.1. The number of carbonyl (C=O) groups is 2. The van der Waals surface area contributed by atoms with Crippen molar-refractivity contribution in [2.75, 3.05) is 38.0 Å². The summed E-state index contributed by atoms with van der Waals surface area (Å²) in [5.74, 6) is -0.197. The third kappa shape index (κ3) is 5.55. The molecule has 0 bridgehead atoms. The fraction of sp³-hybridized carbons (Fsp3) is 0.333. The number of nitrogens with zero attached hydrogens (tertiary/aromatic N) is 2. The van der Waals surface area contributed by atoms with E-state index in [-0.39, 0.29) is 23.4 Å². The van der Waals surface area contributed by atoms with E-state index in [1.165, 1.54) is 24.3 Å². The van der Waals surface area contributed by atoms with Crippen LogP contribution < -0.4 is 10.0 Å². The van der Waals surface area contributed by atoms with Gasteiger partial charge in [0.2, 0.25) is 10.0 Å². The third-order valence-electron chi connectivity index (χ3n) is 5.02. The van der Waals surface area contributed by atoms with Gasteiger partial charge in [-0.05, 0) is 48.9 Å². The molecule has 1 fully saturated rings. The second-order valence-corrected chi connectivity index (χ2v) is 9.37. The van der Waals surface area contributed by atoms with Gasteiger partial charge in [0.25, 0.3) is 5.91 Å². The van der Waals surface area contributed by atoms with Crippen molar-refractivity contribution in [3.8, 4) is 0 Å². The lowest BCUT2D eigenvalue weighted by atomic mass is 10.2. The summed E-state index contributed by atoms with van der Waals surface area (Å²) in [6.45, 7) is 5.44. The Morgan fingerprint density at radius 2 is 1.61 bits per heavy atom. The van der Waals surface area contributed by atoms with Crippen molar-refractivity contribution >= 4 is 39.2 Å². The van der Waals surface area contributed by atoms with Gasteiger partial charge in [-0.2, -0.15) is 0 Å². The number of sulfonamides is 1. The molecule has 3 rings (SSSR count). The van der Waals surface area contributed by atoms with Gasteiger partial charge in [0.05, 0.1) is 4.90 Å². The predicted molar refractivity (Wildman–Crippen MR) is 120 cm³/mol. The third-order valence-corrected chi connectivity index (χ3v) is 6.99. The van der Waals surface area contributed by atoms with E-state index in [0.29, 0.717) is 42.5 Å². The molecular weight excluding hydrogens is 440 g/mol. The van der Waals surface area contributed by atoms with E-state index in [0.717, 1.165) is 5.56 Å². The zero-order valence-electron chi connectivity index (χ0n) is 17.4. The first-order valence-corrected chi connectivity index (χ1v) is 11.8. The summed E-state index contributed by atoms with van der Waals surface area (Å²) in [6, 6.07) is 10.9. The second kappa shape index (κ2) is 9.67. The van der Waals surface area contributed by atoms with Crippen LogP contribution in [0, 0.1) is 6.92 Å². The fourth-order valence-electron chi connectivity index (χ4n) is 3.22. The number of nitrogens with one attached hydrogen (secondary N) is 2. The fourth-order valence-corrected chi connectivity index (χ4v) is 4.44. The van der Waals surface area contributed by atoms with E-state index < -0.39 is 10.0 Å². The van der Waals surface area contributed by atoms with Crippen LogP contribution >= 0.6 is 11.6 Å². The van der Waals surface area contributed by atoms with Gasteiger partial charge in [0.1, 0.15) is 0 Å². The van der Waals surface area contributed by atoms with E-state index in [1.807, 2.05) is 13.0 Å². The number of carbonyl (C=O) groups excluding carboxylic acids is 2. The van der Waals surface area contributed by atoms with Crippen molar-refractivity contribution in [1.82, 2.24) is 14.5 Å². The van der Waals surface area contributed by atoms with Gasteiger partial charge in [0, 0.05) is 49.0 Å². The highest BCUT2D eigenvalue weighted by Gasteiger charge is 2.25. The maximum absolute atomic E-state index is 12.8. The zero-order valence-corrected chi connectivity index (χ0v) is 19.0. The van der Waals surface area contributed by atoms with Gasteiger partial charge in [-0.15, -0.1) is 0 Å². The topological polar surface area (TPSA) is 98.8 Å². The molecule has 2 aromatic rings. The first-order valence-electron chi connectivity index (χ1n) is 9.92. The summed E-state index contributed by atoms with van der Waals surface area (Å²) in [4.78, 5) is 28.7. The molecule has 10 heteroatoms. The van der Waals surface area contributed by atoms with Crippen LogP contribution in [-0.2, 0) is 10.0 Å². The van der Waals surface area contributed by atoms with Crippen LogP contribution in [0.15, 0.2) is 47.4 Å². The van der Waals surface area contributed by atoms with Crippen molar-refractivity contribution in [2.24, 2.45) is 0 Å². The van der Waals surface area contributed by atoms with Crippen molar-refractivity contribution in [3.05, 3.63) is 58.6 Å². The summed E-state index contributed by atoms with van der Waals surface area (Å²) < 4.78 is 26.5. The number of aryl methyl sites for hydroxylation is 1. The summed E-state index contributed by atoms with van der Waals surface area (Å²) >= 11 is 6.10.